The maximum absolute atomic E-state index is 2.30. The lowest BCUT2D eigenvalue weighted by Gasteiger charge is -2.25. The van der Waals surface area contributed by atoms with Gasteiger partial charge in [0.2, 0.25) is 0 Å². The molecule has 17 heavy (non-hydrogen) atoms. The Morgan fingerprint density at radius 1 is 0.706 bits per heavy atom. The molecule has 2 saturated carbocycles. The summed E-state index contributed by atoms with van der Waals surface area (Å²) >= 11 is 0. The van der Waals surface area contributed by atoms with Crippen molar-refractivity contribution in [1.29, 1.82) is 0 Å². The summed E-state index contributed by atoms with van der Waals surface area (Å²) in [6.07, 6.45) is 11.2. The zero-order valence-corrected chi connectivity index (χ0v) is 10.6. The fourth-order valence-corrected chi connectivity index (χ4v) is 3.53. The number of hydrogen-bond donors (Lipinski definition) is 0. The highest BCUT2D eigenvalue weighted by Gasteiger charge is 2.21. The molecule has 0 atom stereocenters. The fraction of sp³-hybridized carbons (Fsp3) is 0.529. The van der Waals surface area contributed by atoms with Crippen molar-refractivity contribution < 1.29 is 0 Å². The van der Waals surface area contributed by atoms with Gasteiger partial charge in [0.25, 0.3) is 0 Å². The number of allylic oxidation sites excluding steroid dienone is 2. The average molecular weight is 226 g/mol. The van der Waals surface area contributed by atoms with Crippen molar-refractivity contribution in [1.82, 2.24) is 0 Å². The second-order valence-electron chi connectivity index (χ2n) is 5.60. The summed E-state index contributed by atoms with van der Waals surface area (Å²) in [5.41, 5.74) is 5.22. The molecule has 0 unspecified atom stereocenters. The summed E-state index contributed by atoms with van der Waals surface area (Å²) < 4.78 is 0. The predicted molar refractivity (Wildman–Crippen MR) is 73.1 cm³/mol. The Balaban J connectivity index is 1.66. The summed E-state index contributed by atoms with van der Waals surface area (Å²) in [4.78, 5) is 0. The van der Waals surface area contributed by atoms with E-state index in [9.17, 15) is 0 Å². The van der Waals surface area contributed by atoms with Gasteiger partial charge >= 0.3 is 0 Å². The standard InChI is InChI=1S/C17H22/c1-2-6-14(7-3-1)16-10-12-17(13-11-16)15-8-4-5-9-15/h1-3,6-7,16H,4-5,8-13H2. The van der Waals surface area contributed by atoms with Crippen LogP contribution in [0.15, 0.2) is 41.5 Å². The van der Waals surface area contributed by atoms with Crippen molar-refractivity contribution >= 4 is 0 Å². The molecule has 0 aliphatic heterocycles. The highest BCUT2D eigenvalue weighted by atomic mass is 14.3. The molecule has 0 heterocycles. The molecule has 2 aliphatic rings. The quantitative estimate of drug-likeness (QED) is 0.576. The highest BCUT2D eigenvalue weighted by Crippen LogP contribution is 2.39. The summed E-state index contributed by atoms with van der Waals surface area (Å²) in [5, 5.41) is 0. The normalized spacial score (nSPS) is 25.3. The second-order valence-corrected chi connectivity index (χ2v) is 5.60. The van der Waals surface area contributed by atoms with E-state index in [0.29, 0.717) is 0 Å². The fourth-order valence-electron chi connectivity index (χ4n) is 3.53. The van der Waals surface area contributed by atoms with Crippen LogP contribution in [0.4, 0.5) is 0 Å². The molecule has 0 nitrogen and oxygen atoms in total. The number of hydrogen-bond acceptors (Lipinski definition) is 0. The van der Waals surface area contributed by atoms with Crippen molar-refractivity contribution in [3.63, 3.8) is 0 Å². The molecule has 2 fully saturated rings. The minimum absolute atomic E-state index is 0.821. The first-order chi connectivity index (χ1) is 8.43. The summed E-state index contributed by atoms with van der Waals surface area (Å²) in [5.74, 6) is 0.821. The molecule has 0 heteroatoms. The van der Waals surface area contributed by atoms with Crippen molar-refractivity contribution in [2.24, 2.45) is 0 Å². The van der Waals surface area contributed by atoms with E-state index in [0.717, 1.165) is 5.92 Å². The van der Waals surface area contributed by atoms with Crippen LogP contribution in [-0.4, -0.2) is 0 Å². The van der Waals surface area contributed by atoms with Gasteiger partial charge in [-0.3, -0.25) is 0 Å². The molecule has 0 aromatic heterocycles. The molecule has 0 spiro atoms. The number of benzene rings is 1. The SMILES string of the molecule is c1ccc(C2CCC(=C3CCCC3)CC2)cc1. The van der Waals surface area contributed by atoms with Crippen LogP contribution in [0.5, 0.6) is 0 Å². The molecule has 0 N–H and O–H groups in total. The van der Waals surface area contributed by atoms with Gasteiger partial charge in [0.1, 0.15) is 0 Å². The molecule has 2 aliphatic carbocycles. The molecule has 90 valence electrons. The van der Waals surface area contributed by atoms with E-state index >= 15 is 0 Å². The third kappa shape index (κ3) is 2.46. The van der Waals surface area contributed by atoms with Crippen LogP contribution in [0.25, 0.3) is 0 Å². The zero-order valence-electron chi connectivity index (χ0n) is 10.6. The molecule has 1 aromatic carbocycles. The molecule has 0 bridgehead atoms. The van der Waals surface area contributed by atoms with Crippen LogP contribution in [0.1, 0.15) is 62.8 Å². The van der Waals surface area contributed by atoms with Crippen LogP contribution < -0.4 is 0 Å². The van der Waals surface area contributed by atoms with Gasteiger partial charge in [-0.2, -0.15) is 0 Å². The Bertz CT molecular complexity index is 381. The molecule has 0 amide bonds. The smallest absolute Gasteiger partial charge is 0.0156 e. The van der Waals surface area contributed by atoms with Crippen molar-refractivity contribution in [2.75, 3.05) is 0 Å². The first kappa shape index (κ1) is 11.1. The Labute approximate surface area is 105 Å². The Hall–Kier alpha value is -1.04. The molecular formula is C17H22. The molecule has 3 rings (SSSR count). The first-order valence-corrected chi connectivity index (χ1v) is 7.18. The number of rotatable bonds is 1. The second kappa shape index (κ2) is 5.08. The van der Waals surface area contributed by atoms with Crippen LogP contribution >= 0.6 is 0 Å². The Morgan fingerprint density at radius 2 is 1.29 bits per heavy atom. The molecule has 0 radical (unpaired) electrons. The van der Waals surface area contributed by atoms with Crippen LogP contribution in [-0.2, 0) is 0 Å². The van der Waals surface area contributed by atoms with E-state index in [1.165, 1.54) is 51.4 Å². The first-order valence-electron chi connectivity index (χ1n) is 7.18. The maximum atomic E-state index is 2.30. The molecule has 0 saturated heterocycles. The topological polar surface area (TPSA) is 0 Å². The van der Waals surface area contributed by atoms with Gasteiger partial charge in [0.15, 0.2) is 0 Å². The Morgan fingerprint density at radius 3 is 1.94 bits per heavy atom. The van der Waals surface area contributed by atoms with E-state index in [1.54, 1.807) is 5.56 Å². The van der Waals surface area contributed by atoms with Gasteiger partial charge < -0.3 is 0 Å². The van der Waals surface area contributed by atoms with Gasteiger partial charge in [-0.05, 0) is 62.8 Å². The van der Waals surface area contributed by atoms with Gasteiger partial charge in [0.05, 0.1) is 0 Å². The maximum Gasteiger partial charge on any atom is -0.0156 e. The van der Waals surface area contributed by atoms with E-state index in [2.05, 4.69) is 30.3 Å². The van der Waals surface area contributed by atoms with Gasteiger partial charge in [-0.15, -0.1) is 0 Å². The molecule has 1 aromatic rings. The van der Waals surface area contributed by atoms with E-state index < -0.39 is 0 Å². The van der Waals surface area contributed by atoms with Crippen LogP contribution in [0.3, 0.4) is 0 Å². The van der Waals surface area contributed by atoms with Crippen molar-refractivity contribution in [3.05, 3.63) is 47.0 Å². The van der Waals surface area contributed by atoms with Gasteiger partial charge in [-0.25, -0.2) is 0 Å². The summed E-state index contributed by atoms with van der Waals surface area (Å²) in [6, 6.07) is 11.1. The van der Waals surface area contributed by atoms with E-state index in [-0.39, 0.29) is 0 Å². The van der Waals surface area contributed by atoms with E-state index in [4.69, 9.17) is 0 Å². The minimum atomic E-state index is 0.821. The lowest BCUT2D eigenvalue weighted by atomic mass is 9.80. The predicted octanol–water partition coefficient (Wildman–Crippen LogP) is 5.21. The lowest BCUT2D eigenvalue weighted by Crippen LogP contribution is -2.07. The van der Waals surface area contributed by atoms with Crippen LogP contribution in [0, 0.1) is 0 Å². The third-order valence-electron chi connectivity index (χ3n) is 4.57. The highest BCUT2D eigenvalue weighted by molar-refractivity contribution is 5.24. The molecular weight excluding hydrogens is 204 g/mol. The van der Waals surface area contributed by atoms with Crippen molar-refractivity contribution in [3.8, 4) is 0 Å². The van der Waals surface area contributed by atoms with Crippen molar-refractivity contribution in [2.45, 2.75) is 57.3 Å². The summed E-state index contributed by atoms with van der Waals surface area (Å²) in [6.45, 7) is 0. The minimum Gasteiger partial charge on any atom is -0.0710 e. The average Bonchev–Trinajstić information content (AvgIpc) is 2.94. The summed E-state index contributed by atoms with van der Waals surface area (Å²) in [7, 11) is 0. The Kier molecular flexibility index (Phi) is 3.31. The van der Waals surface area contributed by atoms with Crippen LogP contribution in [0.2, 0.25) is 0 Å². The van der Waals surface area contributed by atoms with Gasteiger partial charge in [0, 0.05) is 0 Å². The largest absolute Gasteiger partial charge is 0.0710 e. The van der Waals surface area contributed by atoms with E-state index in [1.807, 2.05) is 11.1 Å². The third-order valence-corrected chi connectivity index (χ3v) is 4.57. The zero-order chi connectivity index (χ0) is 11.5. The van der Waals surface area contributed by atoms with Gasteiger partial charge in [-0.1, -0.05) is 41.5 Å². The monoisotopic (exact) mass is 226 g/mol. The lowest BCUT2D eigenvalue weighted by molar-refractivity contribution is 0.511.